The van der Waals surface area contributed by atoms with Crippen molar-refractivity contribution in [1.82, 2.24) is 20.3 Å². The van der Waals surface area contributed by atoms with E-state index in [-0.39, 0.29) is 23.9 Å². The van der Waals surface area contributed by atoms with Crippen molar-refractivity contribution in [1.29, 1.82) is 0 Å². The molecule has 36 heavy (non-hydrogen) atoms. The van der Waals surface area contributed by atoms with E-state index >= 15 is 0 Å². The fourth-order valence-corrected chi connectivity index (χ4v) is 5.06. The van der Waals surface area contributed by atoms with Gasteiger partial charge < -0.3 is 19.7 Å². The Kier molecular flexibility index (Phi) is 7.23. The van der Waals surface area contributed by atoms with Gasteiger partial charge in [-0.1, -0.05) is 35.9 Å². The van der Waals surface area contributed by atoms with Crippen LogP contribution in [0.1, 0.15) is 46.6 Å². The second kappa shape index (κ2) is 10.7. The van der Waals surface area contributed by atoms with Crippen LogP contribution < -0.4 is 19.7 Å². The van der Waals surface area contributed by atoms with Crippen molar-refractivity contribution in [3.05, 3.63) is 70.3 Å². The molecular weight excluding hydrogens is 478 g/mol. The fraction of sp³-hybridized carbons (Fsp3) is 0.407. The number of rotatable bonds is 6. The van der Waals surface area contributed by atoms with Crippen LogP contribution in [-0.2, 0) is 12.8 Å². The minimum atomic E-state index is -0.284. The third-order valence-corrected chi connectivity index (χ3v) is 7.28. The van der Waals surface area contributed by atoms with Gasteiger partial charge in [-0.2, -0.15) is 0 Å². The molecule has 1 N–H and O–H groups in total. The van der Waals surface area contributed by atoms with Gasteiger partial charge >= 0.3 is 0 Å². The highest BCUT2D eigenvalue weighted by molar-refractivity contribution is 6.30. The molecule has 1 aliphatic heterocycles. The van der Waals surface area contributed by atoms with Crippen LogP contribution in [0.4, 0.5) is 5.82 Å². The van der Waals surface area contributed by atoms with Crippen molar-refractivity contribution >= 4 is 23.3 Å². The minimum Gasteiger partial charge on any atom is -0.489 e. The number of amides is 1. The van der Waals surface area contributed by atoms with Crippen molar-refractivity contribution in [2.75, 3.05) is 25.1 Å². The number of hydrogen-bond donors (Lipinski definition) is 1. The summed E-state index contributed by atoms with van der Waals surface area (Å²) in [5.41, 5.74) is 3.42. The molecule has 9 heteroatoms. The van der Waals surface area contributed by atoms with Gasteiger partial charge in [0.15, 0.2) is 0 Å². The van der Waals surface area contributed by atoms with Crippen LogP contribution in [-0.4, -0.2) is 53.2 Å². The number of ether oxygens (including phenoxy) is 2. The molecule has 1 saturated heterocycles. The van der Waals surface area contributed by atoms with E-state index in [0.717, 1.165) is 56.5 Å². The van der Waals surface area contributed by atoms with Crippen molar-refractivity contribution in [3.8, 4) is 11.6 Å². The van der Waals surface area contributed by atoms with Gasteiger partial charge in [-0.05, 0) is 43.4 Å². The van der Waals surface area contributed by atoms with Gasteiger partial charge in [-0.15, -0.1) is 0 Å². The molecule has 0 radical (unpaired) electrons. The standard InChI is InChI=1S/C27H30ClN5O3/c1-17-24(28)31-25(27(34)30-20-8-7-18-5-3-4-6-19(18)15-20)32-26(17)33-13-11-21(12-14-33)36-22-9-10-23(35-2)29-16-22/h3-6,9-10,16,20-21H,7-8,11-15H2,1-2H3,(H,30,34). The lowest BCUT2D eigenvalue weighted by Gasteiger charge is -2.34. The monoisotopic (exact) mass is 507 g/mol. The third kappa shape index (κ3) is 5.38. The lowest BCUT2D eigenvalue weighted by Crippen LogP contribution is -2.41. The van der Waals surface area contributed by atoms with E-state index in [1.54, 1.807) is 19.4 Å². The number of carbonyl (C=O) groups is 1. The molecule has 1 fully saturated rings. The summed E-state index contributed by atoms with van der Waals surface area (Å²) in [6.45, 7) is 3.37. The number of nitrogens with one attached hydrogen (secondary N) is 1. The molecule has 1 atom stereocenters. The lowest BCUT2D eigenvalue weighted by atomic mass is 9.88. The number of methoxy groups -OCH3 is 1. The van der Waals surface area contributed by atoms with Crippen LogP contribution in [0.2, 0.25) is 5.15 Å². The van der Waals surface area contributed by atoms with Gasteiger partial charge in [0.2, 0.25) is 11.7 Å². The first-order chi connectivity index (χ1) is 17.5. The molecule has 3 heterocycles. The number of aryl methyl sites for hydroxylation is 1. The van der Waals surface area contributed by atoms with E-state index < -0.39 is 0 Å². The number of fused-ring (bicyclic) bond motifs is 1. The quantitative estimate of drug-likeness (QED) is 0.501. The second-order valence-electron chi connectivity index (χ2n) is 9.31. The minimum absolute atomic E-state index is 0.0554. The molecule has 8 nitrogen and oxygen atoms in total. The predicted molar refractivity (Wildman–Crippen MR) is 138 cm³/mol. The highest BCUT2D eigenvalue weighted by Gasteiger charge is 2.27. The smallest absolute Gasteiger partial charge is 0.289 e. The van der Waals surface area contributed by atoms with Crippen LogP contribution in [0.5, 0.6) is 11.6 Å². The lowest BCUT2D eigenvalue weighted by molar-refractivity contribution is 0.0923. The number of carbonyl (C=O) groups excluding carboxylic acids is 1. The summed E-state index contributed by atoms with van der Waals surface area (Å²) in [6.07, 6.45) is 6.04. The zero-order chi connectivity index (χ0) is 25.1. The highest BCUT2D eigenvalue weighted by atomic mass is 35.5. The first kappa shape index (κ1) is 24.3. The number of hydrogen-bond acceptors (Lipinski definition) is 7. The van der Waals surface area contributed by atoms with Crippen LogP contribution >= 0.6 is 11.6 Å². The van der Waals surface area contributed by atoms with Crippen LogP contribution in [0.25, 0.3) is 0 Å². The number of aromatic nitrogens is 3. The summed E-state index contributed by atoms with van der Waals surface area (Å²) in [4.78, 5) is 28.4. The molecule has 1 aliphatic carbocycles. The Balaban J connectivity index is 1.22. The molecule has 0 saturated carbocycles. The topological polar surface area (TPSA) is 89.5 Å². The van der Waals surface area contributed by atoms with Gasteiger partial charge in [-0.25, -0.2) is 15.0 Å². The van der Waals surface area contributed by atoms with E-state index in [2.05, 4.69) is 43.4 Å². The van der Waals surface area contributed by atoms with Crippen molar-refractivity contribution in [3.63, 3.8) is 0 Å². The Morgan fingerprint density at radius 2 is 1.86 bits per heavy atom. The Hall–Kier alpha value is -3.39. The zero-order valence-electron chi connectivity index (χ0n) is 20.5. The summed E-state index contributed by atoms with van der Waals surface area (Å²) in [5.74, 6) is 1.81. The molecule has 0 spiro atoms. The molecule has 1 aromatic carbocycles. The van der Waals surface area contributed by atoms with E-state index in [0.29, 0.717) is 16.9 Å². The highest BCUT2D eigenvalue weighted by Crippen LogP contribution is 2.28. The first-order valence-corrected chi connectivity index (χ1v) is 12.7. The fourth-order valence-electron chi connectivity index (χ4n) is 4.89. The van der Waals surface area contributed by atoms with Crippen LogP contribution in [0.15, 0.2) is 42.6 Å². The van der Waals surface area contributed by atoms with Crippen LogP contribution in [0, 0.1) is 6.92 Å². The molecule has 2 aromatic heterocycles. The number of pyridine rings is 1. The Morgan fingerprint density at radius 1 is 1.08 bits per heavy atom. The van der Waals surface area contributed by atoms with E-state index in [4.69, 9.17) is 21.1 Å². The first-order valence-electron chi connectivity index (χ1n) is 12.3. The van der Waals surface area contributed by atoms with Gasteiger partial charge in [0.1, 0.15) is 22.8 Å². The maximum atomic E-state index is 13.1. The third-order valence-electron chi connectivity index (χ3n) is 6.91. The Morgan fingerprint density at radius 3 is 2.58 bits per heavy atom. The van der Waals surface area contributed by atoms with Gasteiger partial charge in [-0.3, -0.25) is 4.79 Å². The Bertz CT molecular complexity index is 1230. The summed E-state index contributed by atoms with van der Waals surface area (Å²) in [7, 11) is 1.59. The number of anilines is 1. The SMILES string of the molecule is COc1ccc(OC2CCN(c3nc(C(=O)NC4CCc5ccccc5C4)nc(Cl)c3C)CC2)cn1. The number of halogens is 1. The van der Waals surface area contributed by atoms with E-state index in [1.165, 1.54) is 11.1 Å². The number of nitrogens with zero attached hydrogens (tertiary/aromatic N) is 4. The largest absolute Gasteiger partial charge is 0.489 e. The molecule has 5 rings (SSSR count). The van der Waals surface area contributed by atoms with Gasteiger partial charge in [0.05, 0.1) is 13.3 Å². The number of piperidine rings is 1. The molecular formula is C27H30ClN5O3. The maximum Gasteiger partial charge on any atom is 0.289 e. The maximum absolute atomic E-state index is 13.1. The average Bonchev–Trinajstić information content (AvgIpc) is 2.91. The summed E-state index contributed by atoms with van der Waals surface area (Å²) >= 11 is 6.45. The molecule has 188 valence electrons. The van der Waals surface area contributed by atoms with Crippen molar-refractivity contribution in [2.45, 2.75) is 51.2 Å². The Labute approximate surface area is 216 Å². The molecule has 2 aliphatic rings. The summed E-state index contributed by atoms with van der Waals surface area (Å²) < 4.78 is 11.2. The molecule has 0 bridgehead atoms. The summed E-state index contributed by atoms with van der Waals surface area (Å²) in [6, 6.07) is 12.1. The molecule has 1 unspecified atom stereocenters. The predicted octanol–water partition coefficient (Wildman–Crippen LogP) is 4.18. The van der Waals surface area contributed by atoms with Gasteiger partial charge in [0.25, 0.3) is 5.91 Å². The summed E-state index contributed by atoms with van der Waals surface area (Å²) in [5, 5.41) is 3.43. The van der Waals surface area contributed by atoms with Crippen LogP contribution in [0.3, 0.4) is 0 Å². The average molecular weight is 508 g/mol. The van der Waals surface area contributed by atoms with Crippen molar-refractivity contribution < 1.29 is 14.3 Å². The number of benzene rings is 1. The second-order valence-corrected chi connectivity index (χ2v) is 9.67. The molecule has 3 aromatic rings. The van der Waals surface area contributed by atoms with E-state index in [9.17, 15) is 4.79 Å². The normalized spacial score (nSPS) is 17.9. The van der Waals surface area contributed by atoms with E-state index in [1.807, 2.05) is 19.1 Å². The zero-order valence-corrected chi connectivity index (χ0v) is 21.3. The molecule has 1 amide bonds. The van der Waals surface area contributed by atoms with Gasteiger partial charge in [0, 0.05) is 43.6 Å². The van der Waals surface area contributed by atoms with Crippen molar-refractivity contribution in [2.24, 2.45) is 0 Å².